The van der Waals surface area contributed by atoms with E-state index in [9.17, 15) is 5.11 Å². The van der Waals surface area contributed by atoms with E-state index in [1.165, 1.54) is 0 Å². The number of hydrogen-bond donors (Lipinski definition) is 3. The lowest BCUT2D eigenvalue weighted by atomic mass is 9.83. The molecule has 0 amide bonds. The van der Waals surface area contributed by atoms with Crippen LogP contribution in [0.2, 0.25) is 0 Å². The molecule has 0 bridgehead atoms. The number of rotatable bonds is 9. The number of nitrogens with two attached hydrogens (primary N) is 1. The fraction of sp³-hybridized carbons (Fsp3) is 0.625. The molecule has 4 nitrogen and oxygen atoms in total. The summed E-state index contributed by atoms with van der Waals surface area (Å²) in [5.41, 5.74) is 7.47. The molecule has 0 aromatic heterocycles. The van der Waals surface area contributed by atoms with Gasteiger partial charge in [-0.25, -0.2) is 0 Å². The lowest BCUT2D eigenvalue weighted by molar-refractivity contribution is 0.127. The van der Waals surface area contributed by atoms with Crippen LogP contribution in [0.1, 0.15) is 40.0 Å². The molecule has 0 aliphatic heterocycles. The maximum atomic E-state index is 9.58. The van der Waals surface area contributed by atoms with Crippen molar-refractivity contribution in [1.82, 2.24) is 0 Å². The molecule has 1 rings (SSSR count). The highest BCUT2D eigenvalue weighted by Gasteiger charge is 2.24. The van der Waals surface area contributed by atoms with Crippen molar-refractivity contribution in [3.63, 3.8) is 0 Å². The van der Waals surface area contributed by atoms with Crippen LogP contribution in [0.25, 0.3) is 0 Å². The highest BCUT2D eigenvalue weighted by atomic mass is 16.5. The first-order valence-electron chi connectivity index (χ1n) is 7.47. The molecule has 1 aromatic carbocycles. The van der Waals surface area contributed by atoms with Crippen molar-refractivity contribution < 1.29 is 9.84 Å². The van der Waals surface area contributed by atoms with Gasteiger partial charge < -0.3 is 20.9 Å². The van der Waals surface area contributed by atoms with Gasteiger partial charge in [-0.2, -0.15) is 0 Å². The van der Waals surface area contributed by atoms with E-state index in [4.69, 9.17) is 10.5 Å². The Hall–Kier alpha value is -1.42. The van der Waals surface area contributed by atoms with E-state index in [1.54, 1.807) is 0 Å². The molecule has 20 heavy (non-hydrogen) atoms. The minimum absolute atomic E-state index is 0.0637. The lowest BCUT2D eigenvalue weighted by Gasteiger charge is -2.30. The number of anilines is 2. The molecule has 0 aliphatic carbocycles. The molecule has 0 saturated heterocycles. The molecule has 0 heterocycles. The average Bonchev–Trinajstić information content (AvgIpc) is 2.49. The van der Waals surface area contributed by atoms with Crippen molar-refractivity contribution in [1.29, 1.82) is 0 Å². The van der Waals surface area contributed by atoms with Gasteiger partial charge in [0.1, 0.15) is 5.75 Å². The van der Waals surface area contributed by atoms with Crippen molar-refractivity contribution in [2.24, 2.45) is 5.41 Å². The molecular weight excluding hydrogens is 252 g/mol. The van der Waals surface area contributed by atoms with E-state index < -0.39 is 0 Å². The van der Waals surface area contributed by atoms with Crippen molar-refractivity contribution in [2.45, 2.75) is 40.0 Å². The Morgan fingerprint density at radius 2 is 1.95 bits per heavy atom. The summed E-state index contributed by atoms with van der Waals surface area (Å²) in [6.45, 7) is 7.89. The minimum Gasteiger partial charge on any atom is -0.491 e. The van der Waals surface area contributed by atoms with Crippen LogP contribution in [0.5, 0.6) is 5.75 Å². The second-order valence-electron chi connectivity index (χ2n) is 5.32. The van der Waals surface area contributed by atoms with Crippen molar-refractivity contribution in [3.05, 3.63) is 18.2 Å². The second-order valence-corrected chi connectivity index (χ2v) is 5.32. The summed E-state index contributed by atoms with van der Waals surface area (Å²) in [5.74, 6) is 0.722. The number of nitrogen functional groups attached to an aromatic ring is 1. The summed E-state index contributed by atoms with van der Waals surface area (Å²) in [6.07, 6.45) is 2.85. The van der Waals surface area contributed by atoms with E-state index in [0.29, 0.717) is 12.3 Å². The maximum absolute atomic E-state index is 9.58. The lowest BCUT2D eigenvalue weighted by Crippen LogP contribution is -2.32. The van der Waals surface area contributed by atoms with Gasteiger partial charge in [0.15, 0.2) is 0 Å². The number of aliphatic hydroxyl groups excluding tert-OH is 1. The zero-order valence-corrected chi connectivity index (χ0v) is 12.9. The van der Waals surface area contributed by atoms with Crippen LogP contribution in [0.15, 0.2) is 18.2 Å². The molecule has 0 radical (unpaired) electrons. The number of ether oxygens (including phenoxy) is 1. The van der Waals surface area contributed by atoms with Crippen LogP contribution >= 0.6 is 0 Å². The molecule has 0 atom stereocenters. The van der Waals surface area contributed by atoms with Gasteiger partial charge in [0.05, 0.1) is 18.9 Å². The normalized spacial score (nSPS) is 11.4. The zero-order valence-electron chi connectivity index (χ0n) is 12.9. The first-order chi connectivity index (χ1) is 9.60. The predicted octanol–water partition coefficient (Wildman–Crippen LogP) is 3.27. The third kappa shape index (κ3) is 4.30. The van der Waals surface area contributed by atoms with Crippen LogP contribution in [-0.4, -0.2) is 24.9 Å². The molecule has 0 unspecified atom stereocenters. The number of nitrogens with one attached hydrogen (secondary N) is 1. The first kappa shape index (κ1) is 16.6. The first-order valence-corrected chi connectivity index (χ1v) is 7.47. The van der Waals surface area contributed by atoms with Gasteiger partial charge in [0.25, 0.3) is 0 Å². The predicted molar refractivity (Wildman–Crippen MR) is 85.2 cm³/mol. The van der Waals surface area contributed by atoms with Gasteiger partial charge in [-0.3, -0.25) is 0 Å². The molecule has 0 saturated carbocycles. The van der Waals surface area contributed by atoms with E-state index in [-0.39, 0.29) is 12.0 Å². The van der Waals surface area contributed by atoms with Crippen molar-refractivity contribution in [3.8, 4) is 5.75 Å². The van der Waals surface area contributed by atoms with Crippen LogP contribution < -0.4 is 15.8 Å². The van der Waals surface area contributed by atoms with Gasteiger partial charge in [-0.1, -0.05) is 20.8 Å². The van der Waals surface area contributed by atoms with E-state index in [1.807, 2.05) is 18.2 Å². The third-order valence-corrected chi connectivity index (χ3v) is 3.98. The van der Waals surface area contributed by atoms with Gasteiger partial charge in [-0.05, 0) is 31.4 Å². The average molecular weight is 280 g/mol. The van der Waals surface area contributed by atoms with Crippen molar-refractivity contribution >= 4 is 11.4 Å². The topological polar surface area (TPSA) is 67.5 Å². The van der Waals surface area contributed by atoms with Gasteiger partial charge in [0.2, 0.25) is 0 Å². The Labute approximate surface area is 122 Å². The Bertz CT molecular complexity index is 395. The van der Waals surface area contributed by atoms with Crippen LogP contribution in [0.3, 0.4) is 0 Å². The Morgan fingerprint density at radius 3 is 2.50 bits per heavy atom. The molecular formula is C16H28N2O2. The summed E-state index contributed by atoms with van der Waals surface area (Å²) in [4.78, 5) is 0. The third-order valence-electron chi connectivity index (χ3n) is 3.98. The molecule has 4 N–H and O–H groups in total. The fourth-order valence-electron chi connectivity index (χ4n) is 2.05. The second kappa shape index (κ2) is 8.00. The highest BCUT2D eigenvalue weighted by Crippen LogP contribution is 2.29. The van der Waals surface area contributed by atoms with E-state index in [0.717, 1.165) is 37.2 Å². The fourth-order valence-corrected chi connectivity index (χ4v) is 2.05. The van der Waals surface area contributed by atoms with E-state index in [2.05, 4.69) is 26.1 Å². The Balaban J connectivity index is 2.72. The molecule has 0 fully saturated rings. The van der Waals surface area contributed by atoms with Gasteiger partial charge in [0, 0.05) is 23.7 Å². The van der Waals surface area contributed by atoms with Crippen molar-refractivity contribution in [2.75, 3.05) is 30.8 Å². The van der Waals surface area contributed by atoms with Gasteiger partial charge >= 0.3 is 0 Å². The summed E-state index contributed by atoms with van der Waals surface area (Å²) < 4.78 is 5.62. The molecule has 0 spiro atoms. The standard InChI is InChI=1S/C16H28N2O2/c1-4-9-20-15-10-13(7-8-14(15)17)18-11-16(5-2,6-3)12-19/h7-8,10,18-19H,4-6,9,11-12,17H2,1-3H3. The number of benzene rings is 1. The van der Waals surface area contributed by atoms with Crippen LogP contribution in [0, 0.1) is 5.41 Å². The molecule has 1 aromatic rings. The zero-order chi connectivity index (χ0) is 15.0. The molecule has 4 heteroatoms. The van der Waals surface area contributed by atoms with E-state index >= 15 is 0 Å². The van der Waals surface area contributed by atoms with Crippen LogP contribution in [-0.2, 0) is 0 Å². The quantitative estimate of drug-likeness (QED) is 0.607. The monoisotopic (exact) mass is 280 g/mol. The minimum atomic E-state index is -0.0637. The SMILES string of the molecule is CCCOc1cc(NCC(CC)(CC)CO)ccc1N. The maximum Gasteiger partial charge on any atom is 0.144 e. The summed E-state index contributed by atoms with van der Waals surface area (Å²) in [7, 11) is 0. The van der Waals surface area contributed by atoms with Crippen LogP contribution in [0.4, 0.5) is 11.4 Å². The number of hydrogen-bond acceptors (Lipinski definition) is 4. The number of aliphatic hydroxyl groups is 1. The smallest absolute Gasteiger partial charge is 0.144 e. The summed E-state index contributed by atoms with van der Waals surface area (Å²) in [6, 6.07) is 5.73. The largest absolute Gasteiger partial charge is 0.491 e. The molecule has 114 valence electrons. The van der Waals surface area contributed by atoms with Gasteiger partial charge in [-0.15, -0.1) is 0 Å². The summed E-state index contributed by atoms with van der Waals surface area (Å²) in [5, 5.41) is 13.0. The Morgan fingerprint density at radius 1 is 1.25 bits per heavy atom. The highest BCUT2D eigenvalue weighted by molar-refractivity contribution is 5.61. The summed E-state index contributed by atoms with van der Waals surface area (Å²) >= 11 is 0. The molecule has 0 aliphatic rings. The Kier molecular flexibility index (Phi) is 6.65.